The van der Waals surface area contributed by atoms with Crippen molar-refractivity contribution in [2.75, 3.05) is 32.1 Å². The van der Waals surface area contributed by atoms with Crippen LogP contribution in [-0.4, -0.2) is 43.1 Å². The predicted octanol–water partition coefficient (Wildman–Crippen LogP) is 0.898. The Bertz CT molecular complexity index is 333. The summed E-state index contributed by atoms with van der Waals surface area (Å²) < 4.78 is 4.94. The first kappa shape index (κ1) is 11.7. The Morgan fingerprint density at radius 1 is 1.47 bits per heavy atom. The van der Waals surface area contributed by atoms with Gasteiger partial charge in [0, 0.05) is 26.1 Å². The molecule has 0 saturated carbocycles. The van der Waals surface area contributed by atoms with Crippen molar-refractivity contribution in [2.45, 2.75) is 13.8 Å². The van der Waals surface area contributed by atoms with Crippen LogP contribution >= 0.6 is 0 Å². The standard InChI is InChI=1S/C10H17N3O2/c1-8-7-10(11-15-8)13(9(2)14)6-5-12(3)4/h7H,5-6H2,1-4H3. The third-order valence-electron chi connectivity index (χ3n) is 2.04. The van der Waals surface area contributed by atoms with Crippen LogP contribution in [0.15, 0.2) is 10.6 Å². The Labute approximate surface area is 89.6 Å². The zero-order valence-electron chi connectivity index (χ0n) is 9.65. The third-order valence-corrected chi connectivity index (χ3v) is 2.04. The van der Waals surface area contributed by atoms with Gasteiger partial charge in [0.1, 0.15) is 5.76 Å². The second kappa shape index (κ2) is 4.93. The van der Waals surface area contributed by atoms with Crippen molar-refractivity contribution in [1.29, 1.82) is 0 Å². The molecule has 1 rings (SSSR count). The molecular formula is C10H17N3O2. The lowest BCUT2D eigenvalue weighted by Gasteiger charge is -2.19. The quantitative estimate of drug-likeness (QED) is 0.742. The first-order valence-corrected chi connectivity index (χ1v) is 4.87. The van der Waals surface area contributed by atoms with E-state index in [-0.39, 0.29) is 5.91 Å². The van der Waals surface area contributed by atoms with Gasteiger partial charge in [-0.3, -0.25) is 9.69 Å². The van der Waals surface area contributed by atoms with E-state index in [4.69, 9.17) is 4.52 Å². The van der Waals surface area contributed by atoms with Crippen molar-refractivity contribution in [3.8, 4) is 0 Å². The van der Waals surface area contributed by atoms with Crippen LogP contribution in [0.25, 0.3) is 0 Å². The fraction of sp³-hybridized carbons (Fsp3) is 0.600. The number of anilines is 1. The van der Waals surface area contributed by atoms with E-state index in [1.807, 2.05) is 19.0 Å². The van der Waals surface area contributed by atoms with Gasteiger partial charge in [0.05, 0.1) is 0 Å². The van der Waals surface area contributed by atoms with Gasteiger partial charge in [0.15, 0.2) is 5.82 Å². The van der Waals surface area contributed by atoms with E-state index in [2.05, 4.69) is 5.16 Å². The summed E-state index contributed by atoms with van der Waals surface area (Å²) in [6, 6.07) is 1.76. The van der Waals surface area contributed by atoms with Crippen LogP contribution in [0.5, 0.6) is 0 Å². The normalized spacial score (nSPS) is 10.7. The van der Waals surface area contributed by atoms with Crippen molar-refractivity contribution in [3.63, 3.8) is 0 Å². The van der Waals surface area contributed by atoms with E-state index in [9.17, 15) is 4.79 Å². The van der Waals surface area contributed by atoms with Crippen LogP contribution in [0.1, 0.15) is 12.7 Å². The fourth-order valence-corrected chi connectivity index (χ4v) is 1.21. The Balaban J connectivity index is 2.70. The molecule has 1 amide bonds. The minimum atomic E-state index is -0.0230. The second-order valence-electron chi connectivity index (χ2n) is 3.77. The molecule has 5 heteroatoms. The molecule has 0 fully saturated rings. The van der Waals surface area contributed by atoms with E-state index in [1.165, 1.54) is 6.92 Å². The molecule has 0 unspecified atom stereocenters. The highest BCUT2D eigenvalue weighted by atomic mass is 16.5. The number of hydrogen-bond acceptors (Lipinski definition) is 4. The topological polar surface area (TPSA) is 49.6 Å². The molecule has 0 atom stereocenters. The summed E-state index contributed by atoms with van der Waals surface area (Å²) in [5.41, 5.74) is 0. The van der Waals surface area contributed by atoms with Crippen molar-refractivity contribution in [2.24, 2.45) is 0 Å². The van der Waals surface area contributed by atoms with Crippen molar-refractivity contribution >= 4 is 11.7 Å². The smallest absolute Gasteiger partial charge is 0.225 e. The van der Waals surface area contributed by atoms with Crippen LogP contribution in [0, 0.1) is 6.92 Å². The summed E-state index contributed by atoms with van der Waals surface area (Å²) in [7, 11) is 3.93. The van der Waals surface area contributed by atoms with E-state index in [0.717, 1.165) is 6.54 Å². The maximum absolute atomic E-state index is 11.4. The first-order valence-electron chi connectivity index (χ1n) is 4.87. The number of aryl methyl sites for hydroxylation is 1. The van der Waals surface area contributed by atoms with Gasteiger partial charge in [-0.15, -0.1) is 0 Å². The lowest BCUT2D eigenvalue weighted by molar-refractivity contribution is -0.116. The number of nitrogens with zero attached hydrogens (tertiary/aromatic N) is 3. The first-order chi connectivity index (χ1) is 7.00. The fourth-order valence-electron chi connectivity index (χ4n) is 1.21. The largest absolute Gasteiger partial charge is 0.360 e. The Hall–Kier alpha value is -1.36. The average Bonchev–Trinajstić information content (AvgIpc) is 2.51. The van der Waals surface area contributed by atoms with Crippen LogP contribution in [-0.2, 0) is 4.79 Å². The number of carbonyl (C=O) groups is 1. The molecule has 1 heterocycles. The molecule has 0 aliphatic heterocycles. The highest BCUT2D eigenvalue weighted by Gasteiger charge is 2.15. The lowest BCUT2D eigenvalue weighted by atomic mass is 10.4. The molecule has 0 N–H and O–H groups in total. The van der Waals surface area contributed by atoms with E-state index >= 15 is 0 Å². The average molecular weight is 211 g/mol. The molecule has 0 aromatic carbocycles. The molecule has 1 aromatic rings. The highest BCUT2D eigenvalue weighted by molar-refractivity contribution is 5.90. The number of amides is 1. The van der Waals surface area contributed by atoms with Gasteiger partial charge < -0.3 is 9.42 Å². The van der Waals surface area contributed by atoms with Gasteiger partial charge in [-0.1, -0.05) is 5.16 Å². The molecule has 0 aliphatic carbocycles. The summed E-state index contributed by atoms with van der Waals surface area (Å²) in [4.78, 5) is 15.0. The molecule has 84 valence electrons. The third kappa shape index (κ3) is 3.36. The molecule has 5 nitrogen and oxygen atoms in total. The molecular weight excluding hydrogens is 194 g/mol. The zero-order chi connectivity index (χ0) is 11.4. The van der Waals surface area contributed by atoms with Gasteiger partial charge in [0.25, 0.3) is 0 Å². The molecule has 0 radical (unpaired) electrons. The zero-order valence-corrected chi connectivity index (χ0v) is 9.65. The van der Waals surface area contributed by atoms with Crippen molar-refractivity contribution in [3.05, 3.63) is 11.8 Å². The van der Waals surface area contributed by atoms with Crippen LogP contribution in [0.2, 0.25) is 0 Å². The highest BCUT2D eigenvalue weighted by Crippen LogP contribution is 2.13. The van der Waals surface area contributed by atoms with Crippen LogP contribution in [0.3, 0.4) is 0 Å². The van der Waals surface area contributed by atoms with Gasteiger partial charge in [-0.05, 0) is 21.0 Å². The van der Waals surface area contributed by atoms with Crippen LogP contribution < -0.4 is 4.90 Å². The van der Waals surface area contributed by atoms with Crippen molar-refractivity contribution in [1.82, 2.24) is 10.1 Å². The molecule has 0 saturated heterocycles. The molecule has 1 aromatic heterocycles. The van der Waals surface area contributed by atoms with Crippen molar-refractivity contribution < 1.29 is 9.32 Å². The maximum atomic E-state index is 11.4. The monoisotopic (exact) mass is 211 g/mol. The Morgan fingerprint density at radius 2 is 2.13 bits per heavy atom. The SMILES string of the molecule is CC(=O)N(CCN(C)C)c1cc(C)on1. The summed E-state index contributed by atoms with van der Waals surface area (Å²) >= 11 is 0. The second-order valence-corrected chi connectivity index (χ2v) is 3.77. The Kier molecular flexibility index (Phi) is 3.85. The lowest BCUT2D eigenvalue weighted by Crippen LogP contribution is -2.35. The van der Waals surface area contributed by atoms with Gasteiger partial charge in [-0.2, -0.15) is 0 Å². The summed E-state index contributed by atoms with van der Waals surface area (Å²) in [6.07, 6.45) is 0. The predicted molar refractivity (Wildman–Crippen MR) is 57.8 cm³/mol. The number of likely N-dealkylation sites (N-methyl/N-ethyl adjacent to an activating group) is 1. The minimum absolute atomic E-state index is 0.0230. The molecule has 0 aliphatic rings. The summed E-state index contributed by atoms with van der Waals surface area (Å²) in [5, 5.41) is 3.83. The van der Waals surface area contributed by atoms with E-state index < -0.39 is 0 Å². The number of rotatable bonds is 4. The van der Waals surface area contributed by atoms with Gasteiger partial charge in [0.2, 0.25) is 5.91 Å². The summed E-state index contributed by atoms with van der Waals surface area (Å²) in [5.74, 6) is 1.27. The van der Waals surface area contributed by atoms with Gasteiger partial charge >= 0.3 is 0 Å². The van der Waals surface area contributed by atoms with E-state index in [1.54, 1.807) is 17.9 Å². The Morgan fingerprint density at radius 3 is 2.53 bits per heavy atom. The maximum Gasteiger partial charge on any atom is 0.225 e. The number of aromatic nitrogens is 1. The van der Waals surface area contributed by atoms with Gasteiger partial charge in [-0.25, -0.2) is 0 Å². The van der Waals surface area contributed by atoms with E-state index in [0.29, 0.717) is 18.1 Å². The molecule has 0 spiro atoms. The molecule has 15 heavy (non-hydrogen) atoms. The van der Waals surface area contributed by atoms with Crippen LogP contribution in [0.4, 0.5) is 5.82 Å². The minimum Gasteiger partial charge on any atom is -0.360 e. The number of hydrogen-bond donors (Lipinski definition) is 0. The number of carbonyl (C=O) groups excluding carboxylic acids is 1. The summed E-state index contributed by atoms with van der Waals surface area (Å²) in [6.45, 7) is 4.75. The molecule has 0 bridgehead atoms.